The molecular weight excluding hydrogens is 300 g/mol. The average molecular weight is 314 g/mol. The van der Waals surface area contributed by atoms with Crippen molar-refractivity contribution >= 4 is 23.2 Å². The molecule has 0 aliphatic heterocycles. The third kappa shape index (κ3) is 4.10. The van der Waals surface area contributed by atoms with E-state index >= 15 is 0 Å². The highest BCUT2D eigenvalue weighted by Crippen LogP contribution is 2.32. The van der Waals surface area contributed by atoms with Crippen molar-refractivity contribution in [2.45, 2.75) is 13.5 Å². The second kappa shape index (κ2) is 6.93. The molecule has 0 aromatic heterocycles. The van der Waals surface area contributed by atoms with E-state index in [-0.39, 0.29) is 5.82 Å². The van der Waals surface area contributed by atoms with Gasteiger partial charge in [0.2, 0.25) is 0 Å². The summed E-state index contributed by atoms with van der Waals surface area (Å²) in [6.45, 7) is 3.38. The van der Waals surface area contributed by atoms with Crippen molar-refractivity contribution in [3.05, 3.63) is 57.8 Å². The number of hydrogen-bond donors (Lipinski definition) is 1. The van der Waals surface area contributed by atoms with Gasteiger partial charge in [-0.15, -0.1) is 0 Å². The monoisotopic (exact) mass is 313 g/mol. The van der Waals surface area contributed by atoms with Crippen LogP contribution in [0.15, 0.2) is 36.4 Å². The summed E-state index contributed by atoms with van der Waals surface area (Å²) in [5.41, 5.74) is 0.806. The first-order valence-electron chi connectivity index (χ1n) is 6.21. The predicted octanol–water partition coefficient (Wildman–Crippen LogP) is 5.03. The van der Waals surface area contributed by atoms with Crippen molar-refractivity contribution in [1.29, 1.82) is 0 Å². The van der Waals surface area contributed by atoms with Gasteiger partial charge >= 0.3 is 0 Å². The smallest absolute Gasteiger partial charge is 0.147 e. The highest BCUT2D eigenvalue weighted by atomic mass is 35.5. The molecule has 0 saturated heterocycles. The Morgan fingerprint density at radius 3 is 2.70 bits per heavy atom. The van der Waals surface area contributed by atoms with Crippen molar-refractivity contribution in [2.75, 3.05) is 6.54 Å². The van der Waals surface area contributed by atoms with Gasteiger partial charge in [0.05, 0.1) is 5.02 Å². The molecule has 0 unspecified atom stereocenters. The zero-order valence-electron chi connectivity index (χ0n) is 10.9. The lowest BCUT2D eigenvalue weighted by Gasteiger charge is -2.10. The van der Waals surface area contributed by atoms with Crippen molar-refractivity contribution in [2.24, 2.45) is 0 Å². The largest absolute Gasteiger partial charge is 0.456 e. The van der Waals surface area contributed by atoms with Gasteiger partial charge in [0.15, 0.2) is 0 Å². The van der Waals surface area contributed by atoms with Crippen molar-refractivity contribution in [3.63, 3.8) is 0 Å². The highest BCUT2D eigenvalue weighted by molar-refractivity contribution is 6.34. The number of benzene rings is 2. The Hall–Kier alpha value is -1.29. The topological polar surface area (TPSA) is 21.3 Å². The molecule has 2 rings (SSSR count). The Kier molecular flexibility index (Phi) is 5.24. The van der Waals surface area contributed by atoms with Gasteiger partial charge in [-0.2, -0.15) is 0 Å². The van der Waals surface area contributed by atoms with Gasteiger partial charge in [0, 0.05) is 23.7 Å². The third-order valence-corrected chi connectivity index (χ3v) is 3.18. The first-order chi connectivity index (χ1) is 9.58. The van der Waals surface area contributed by atoms with Crippen LogP contribution in [0.1, 0.15) is 12.5 Å². The summed E-state index contributed by atoms with van der Waals surface area (Å²) >= 11 is 11.9. The van der Waals surface area contributed by atoms with Crippen LogP contribution in [0.5, 0.6) is 11.5 Å². The molecule has 5 heteroatoms. The molecule has 1 N–H and O–H groups in total. The van der Waals surface area contributed by atoms with Crippen LogP contribution in [0.25, 0.3) is 0 Å². The number of hydrogen-bond acceptors (Lipinski definition) is 2. The second-order valence-corrected chi connectivity index (χ2v) is 5.10. The zero-order chi connectivity index (χ0) is 14.5. The minimum atomic E-state index is -0.353. The SMILES string of the molecule is CCNCc1cc(F)cc(Oc2cc(Cl)ccc2Cl)c1. The van der Waals surface area contributed by atoms with E-state index in [1.807, 2.05) is 6.92 Å². The van der Waals surface area contributed by atoms with E-state index in [4.69, 9.17) is 27.9 Å². The van der Waals surface area contributed by atoms with Crippen molar-refractivity contribution in [3.8, 4) is 11.5 Å². The molecule has 0 heterocycles. The first kappa shape index (κ1) is 15.1. The Morgan fingerprint density at radius 2 is 1.95 bits per heavy atom. The van der Waals surface area contributed by atoms with E-state index in [2.05, 4.69) is 5.32 Å². The lowest BCUT2D eigenvalue weighted by Crippen LogP contribution is -2.11. The quantitative estimate of drug-likeness (QED) is 0.835. The number of halogens is 3. The predicted molar refractivity (Wildman–Crippen MR) is 80.3 cm³/mol. The van der Waals surface area contributed by atoms with E-state index in [1.165, 1.54) is 12.1 Å². The molecule has 20 heavy (non-hydrogen) atoms. The van der Waals surface area contributed by atoms with Crippen LogP contribution >= 0.6 is 23.2 Å². The Balaban J connectivity index is 2.24. The molecule has 0 fully saturated rings. The fourth-order valence-corrected chi connectivity index (χ4v) is 2.05. The van der Waals surface area contributed by atoms with Crippen LogP contribution in [0, 0.1) is 5.82 Å². The van der Waals surface area contributed by atoms with Crippen LogP contribution in [0.3, 0.4) is 0 Å². The lowest BCUT2D eigenvalue weighted by atomic mass is 10.2. The van der Waals surface area contributed by atoms with E-state index in [9.17, 15) is 4.39 Å². The van der Waals surface area contributed by atoms with Crippen LogP contribution in [-0.2, 0) is 6.54 Å². The van der Waals surface area contributed by atoms with E-state index in [0.29, 0.717) is 28.1 Å². The number of nitrogens with one attached hydrogen (secondary N) is 1. The summed E-state index contributed by atoms with van der Waals surface area (Å²) in [5.74, 6) is 0.440. The highest BCUT2D eigenvalue weighted by Gasteiger charge is 2.07. The molecule has 0 atom stereocenters. The molecule has 106 valence electrons. The number of rotatable bonds is 5. The molecule has 2 aromatic carbocycles. The fraction of sp³-hybridized carbons (Fsp3) is 0.200. The maximum Gasteiger partial charge on any atom is 0.147 e. The van der Waals surface area contributed by atoms with Gasteiger partial charge in [-0.25, -0.2) is 4.39 Å². The van der Waals surface area contributed by atoms with Crippen LogP contribution in [0.4, 0.5) is 4.39 Å². The van der Waals surface area contributed by atoms with Crippen LogP contribution in [-0.4, -0.2) is 6.54 Å². The summed E-state index contributed by atoms with van der Waals surface area (Å²) in [6.07, 6.45) is 0. The van der Waals surface area contributed by atoms with Gasteiger partial charge in [-0.1, -0.05) is 30.1 Å². The summed E-state index contributed by atoms with van der Waals surface area (Å²) in [4.78, 5) is 0. The Labute approximate surface area is 127 Å². The molecule has 0 aliphatic rings. The molecule has 0 spiro atoms. The minimum absolute atomic E-state index is 0.353. The third-order valence-electron chi connectivity index (χ3n) is 2.63. The van der Waals surface area contributed by atoms with Crippen molar-refractivity contribution < 1.29 is 9.13 Å². The molecule has 0 aliphatic carbocycles. The summed E-state index contributed by atoms with van der Waals surface area (Å²) in [7, 11) is 0. The summed E-state index contributed by atoms with van der Waals surface area (Å²) in [5, 5.41) is 4.07. The van der Waals surface area contributed by atoms with E-state index < -0.39 is 0 Å². The molecule has 2 nitrogen and oxygen atoms in total. The van der Waals surface area contributed by atoms with Crippen LogP contribution in [0.2, 0.25) is 10.0 Å². The minimum Gasteiger partial charge on any atom is -0.456 e. The van der Waals surface area contributed by atoms with Gasteiger partial charge in [-0.05, 0) is 36.4 Å². The molecule has 0 bridgehead atoms. The maximum atomic E-state index is 13.6. The van der Waals surface area contributed by atoms with Gasteiger partial charge < -0.3 is 10.1 Å². The van der Waals surface area contributed by atoms with E-state index in [1.54, 1.807) is 24.3 Å². The van der Waals surface area contributed by atoms with Gasteiger partial charge in [0.1, 0.15) is 17.3 Å². The van der Waals surface area contributed by atoms with Gasteiger partial charge in [-0.3, -0.25) is 0 Å². The second-order valence-electron chi connectivity index (χ2n) is 4.25. The summed E-state index contributed by atoms with van der Waals surface area (Å²) < 4.78 is 19.2. The lowest BCUT2D eigenvalue weighted by molar-refractivity contribution is 0.475. The number of ether oxygens (including phenoxy) is 1. The normalized spacial score (nSPS) is 10.6. The average Bonchev–Trinajstić information content (AvgIpc) is 2.40. The maximum absolute atomic E-state index is 13.6. The Bertz CT molecular complexity index is 604. The standard InChI is InChI=1S/C15H14Cl2FNO/c1-2-19-9-10-5-12(18)8-13(6-10)20-15-7-11(16)3-4-14(15)17/h3-8,19H,2,9H2,1H3. The molecular formula is C15H14Cl2FNO. The fourth-order valence-electron chi connectivity index (χ4n) is 1.73. The molecule has 2 aromatic rings. The van der Waals surface area contributed by atoms with Crippen molar-refractivity contribution in [1.82, 2.24) is 5.32 Å². The van der Waals surface area contributed by atoms with Gasteiger partial charge in [0.25, 0.3) is 0 Å². The summed E-state index contributed by atoms with van der Waals surface area (Å²) in [6, 6.07) is 9.44. The molecule has 0 saturated carbocycles. The first-order valence-corrected chi connectivity index (χ1v) is 6.97. The zero-order valence-corrected chi connectivity index (χ0v) is 12.4. The van der Waals surface area contributed by atoms with Crippen LogP contribution < -0.4 is 10.1 Å². The van der Waals surface area contributed by atoms with E-state index in [0.717, 1.165) is 12.1 Å². The Morgan fingerprint density at radius 1 is 1.15 bits per heavy atom. The molecule has 0 amide bonds. The molecule has 0 radical (unpaired) electrons.